The van der Waals surface area contributed by atoms with Gasteiger partial charge in [-0.1, -0.05) is 25.3 Å². The van der Waals surface area contributed by atoms with Crippen LogP contribution in [0.1, 0.15) is 18.2 Å². The molecule has 0 aromatic carbocycles. The highest BCUT2D eigenvalue weighted by Gasteiger charge is 2.01. The van der Waals surface area contributed by atoms with E-state index in [4.69, 9.17) is 0 Å². The Balaban J connectivity index is 3.35. The van der Waals surface area contributed by atoms with E-state index < -0.39 is 0 Å². The molecule has 0 atom stereocenters. The highest BCUT2D eigenvalue weighted by Crippen LogP contribution is 2.07. The lowest BCUT2D eigenvalue weighted by molar-refractivity contribution is 1.09. The smallest absolute Gasteiger partial charge is 0.258 e. The number of aromatic nitrogens is 2. The quantitative estimate of drug-likeness (QED) is 0.737. The van der Waals surface area contributed by atoms with Crippen molar-refractivity contribution in [3.8, 4) is 0 Å². The van der Waals surface area contributed by atoms with Crippen LogP contribution in [0.4, 0.5) is 0 Å². The van der Waals surface area contributed by atoms with Gasteiger partial charge in [-0.3, -0.25) is 4.79 Å². The summed E-state index contributed by atoms with van der Waals surface area (Å²) in [6.07, 6.45) is 6.36. The summed E-state index contributed by atoms with van der Waals surface area (Å²) >= 11 is 0. The molecule has 0 aliphatic carbocycles. The molecule has 0 amide bonds. The van der Waals surface area contributed by atoms with Crippen LogP contribution in [-0.4, -0.2) is 9.97 Å². The molecule has 1 heterocycles. The molecule has 72 valence electrons. The molecular weight excluding hydrogens is 176 g/mol. The Morgan fingerprint density at radius 2 is 2.29 bits per heavy atom. The van der Waals surface area contributed by atoms with Gasteiger partial charge in [-0.15, -0.1) is 0 Å². The fourth-order valence-corrected chi connectivity index (χ4v) is 1.01. The lowest BCUT2D eigenvalue weighted by Gasteiger charge is -1.98. The van der Waals surface area contributed by atoms with Crippen LogP contribution >= 0.6 is 0 Å². The number of nitrogens with zero attached hydrogens (tertiary/aromatic N) is 1. The number of H-pyrrole nitrogens is 1. The largest absolute Gasteiger partial charge is 0.313 e. The number of aromatic amines is 1. The molecular formula is C11H12N2O. The van der Waals surface area contributed by atoms with Gasteiger partial charge in [-0.05, 0) is 18.6 Å². The molecule has 0 spiro atoms. The predicted octanol–water partition coefficient (Wildman–Crippen LogP) is 2.00. The summed E-state index contributed by atoms with van der Waals surface area (Å²) in [5.74, 6) is 0. The Labute approximate surface area is 82.5 Å². The molecule has 0 saturated carbocycles. The Bertz CT molecular complexity index is 441. The number of hydrogen-bond acceptors (Lipinski definition) is 2. The van der Waals surface area contributed by atoms with Crippen LogP contribution in [0.15, 0.2) is 35.9 Å². The van der Waals surface area contributed by atoms with E-state index in [1.54, 1.807) is 12.2 Å². The topological polar surface area (TPSA) is 45.8 Å². The van der Waals surface area contributed by atoms with E-state index in [1.165, 1.54) is 12.4 Å². The van der Waals surface area contributed by atoms with Crippen LogP contribution in [0.5, 0.6) is 0 Å². The van der Waals surface area contributed by atoms with Gasteiger partial charge in [0.05, 0.1) is 17.6 Å². The first-order chi connectivity index (χ1) is 6.69. The Morgan fingerprint density at radius 1 is 1.57 bits per heavy atom. The zero-order valence-corrected chi connectivity index (χ0v) is 8.08. The highest BCUT2D eigenvalue weighted by molar-refractivity contribution is 5.62. The lowest BCUT2D eigenvalue weighted by atomic mass is 10.1. The van der Waals surface area contributed by atoms with Crippen molar-refractivity contribution >= 4 is 12.2 Å². The van der Waals surface area contributed by atoms with Crippen molar-refractivity contribution in [2.75, 3.05) is 0 Å². The van der Waals surface area contributed by atoms with Crippen LogP contribution in [0, 0.1) is 0 Å². The minimum atomic E-state index is -0.182. The van der Waals surface area contributed by atoms with Gasteiger partial charge in [0.25, 0.3) is 5.56 Å². The standard InChI is InChI=1S/C11H12N2O/c1-4-8(3)6-10-9(5-2)11(14)13-7-12-10/h4-7H,1-2H2,3H3,(H,12,13,14)/b8-6-. The first kappa shape index (κ1) is 10.2. The third kappa shape index (κ3) is 2.07. The van der Waals surface area contributed by atoms with E-state index in [0.717, 1.165) is 5.57 Å². The van der Waals surface area contributed by atoms with E-state index in [0.29, 0.717) is 11.3 Å². The Kier molecular flexibility index (Phi) is 3.18. The van der Waals surface area contributed by atoms with Crippen LogP contribution in [0.25, 0.3) is 12.2 Å². The average molecular weight is 188 g/mol. The summed E-state index contributed by atoms with van der Waals surface area (Å²) in [7, 11) is 0. The maximum Gasteiger partial charge on any atom is 0.258 e. The third-order valence-electron chi connectivity index (χ3n) is 1.81. The van der Waals surface area contributed by atoms with Gasteiger partial charge in [-0.25, -0.2) is 4.98 Å². The third-order valence-corrected chi connectivity index (χ3v) is 1.81. The van der Waals surface area contributed by atoms with E-state index in [2.05, 4.69) is 23.1 Å². The fourth-order valence-electron chi connectivity index (χ4n) is 1.01. The second-order valence-corrected chi connectivity index (χ2v) is 2.83. The number of rotatable bonds is 3. The summed E-state index contributed by atoms with van der Waals surface area (Å²) < 4.78 is 0. The molecule has 1 rings (SSSR count). The summed E-state index contributed by atoms with van der Waals surface area (Å²) in [6.45, 7) is 9.09. The average Bonchev–Trinajstić information content (AvgIpc) is 2.18. The summed E-state index contributed by atoms with van der Waals surface area (Å²) in [4.78, 5) is 17.9. The fraction of sp³-hybridized carbons (Fsp3) is 0.0909. The molecule has 1 aromatic rings. The molecule has 1 aromatic heterocycles. The molecule has 0 aliphatic rings. The molecule has 0 radical (unpaired) electrons. The predicted molar refractivity (Wildman–Crippen MR) is 58.8 cm³/mol. The van der Waals surface area contributed by atoms with E-state index >= 15 is 0 Å². The minimum absolute atomic E-state index is 0.182. The first-order valence-corrected chi connectivity index (χ1v) is 4.20. The van der Waals surface area contributed by atoms with Crippen LogP contribution < -0.4 is 5.56 Å². The maximum atomic E-state index is 11.3. The molecule has 3 nitrogen and oxygen atoms in total. The van der Waals surface area contributed by atoms with Gasteiger partial charge in [0.15, 0.2) is 0 Å². The monoisotopic (exact) mass is 188 g/mol. The van der Waals surface area contributed by atoms with Crippen LogP contribution in [-0.2, 0) is 0 Å². The molecule has 0 saturated heterocycles. The van der Waals surface area contributed by atoms with Gasteiger partial charge in [0.1, 0.15) is 0 Å². The van der Waals surface area contributed by atoms with Crippen molar-refractivity contribution < 1.29 is 0 Å². The van der Waals surface area contributed by atoms with E-state index in [1.807, 2.05) is 6.92 Å². The minimum Gasteiger partial charge on any atom is -0.313 e. The van der Waals surface area contributed by atoms with Gasteiger partial charge < -0.3 is 4.98 Å². The van der Waals surface area contributed by atoms with Crippen LogP contribution in [0.3, 0.4) is 0 Å². The van der Waals surface area contributed by atoms with Crippen molar-refractivity contribution in [1.82, 2.24) is 9.97 Å². The molecule has 3 heteroatoms. The zero-order chi connectivity index (χ0) is 10.6. The maximum absolute atomic E-state index is 11.3. The number of hydrogen-bond donors (Lipinski definition) is 1. The lowest BCUT2D eigenvalue weighted by Crippen LogP contribution is -2.11. The summed E-state index contributed by atoms with van der Waals surface area (Å²) in [5, 5.41) is 0. The Morgan fingerprint density at radius 3 is 2.86 bits per heavy atom. The highest BCUT2D eigenvalue weighted by atomic mass is 16.1. The van der Waals surface area contributed by atoms with Crippen molar-refractivity contribution in [2.24, 2.45) is 0 Å². The zero-order valence-electron chi connectivity index (χ0n) is 8.08. The van der Waals surface area contributed by atoms with Gasteiger partial charge in [-0.2, -0.15) is 0 Å². The van der Waals surface area contributed by atoms with Crippen molar-refractivity contribution in [1.29, 1.82) is 0 Å². The normalized spacial score (nSPS) is 11.1. The molecule has 0 aliphatic heterocycles. The Hall–Kier alpha value is -1.90. The summed E-state index contributed by atoms with van der Waals surface area (Å²) in [6, 6.07) is 0. The molecule has 0 fully saturated rings. The molecule has 0 bridgehead atoms. The van der Waals surface area contributed by atoms with Gasteiger partial charge in [0, 0.05) is 0 Å². The van der Waals surface area contributed by atoms with Gasteiger partial charge >= 0.3 is 0 Å². The van der Waals surface area contributed by atoms with E-state index in [-0.39, 0.29) is 5.56 Å². The van der Waals surface area contributed by atoms with E-state index in [9.17, 15) is 4.79 Å². The second kappa shape index (κ2) is 4.37. The van der Waals surface area contributed by atoms with Crippen LogP contribution in [0.2, 0.25) is 0 Å². The SMILES string of the molecule is C=C/C(C)=C\c1nc[nH]c(=O)c1C=C. The number of nitrogens with one attached hydrogen (secondary N) is 1. The number of allylic oxidation sites excluding steroid dienone is 2. The van der Waals surface area contributed by atoms with Crippen molar-refractivity contribution in [3.63, 3.8) is 0 Å². The van der Waals surface area contributed by atoms with Gasteiger partial charge in [0.2, 0.25) is 0 Å². The first-order valence-electron chi connectivity index (χ1n) is 4.20. The molecule has 0 unspecified atom stereocenters. The molecule has 1 N–H and O–H groups in total. The second-order valence-electron chi connectivity index (χ2n) is 2.83. The summed E-state index contributed by atoms with van der Waals surface area (Å²) in [5.41, 5.74) is 1.86. The molecule has 14 heavy (non-hydrogen) atoms. The van der Waals surface area contributed by atoms with Crippen molar-refractivity contribution in [2.45, 2.75) is 6.92 Å². The van der Waals surface area contributed by atoms with Crippen molar-refractivity contribution in [3.05, 3.63) is 52.7 Å².